The third-order valence-electron chi connectivity index (χ3n) is 3.12. The fraction of sp³-hybridized carbons (Fsp3) is 0.333. The molecule has 1 aromatic heterocycles. The van der Waals surface area contributed by atoms with E-state index in [9.17, 15) is 4.79 Å². The Kier molecular flexibility index (Phi) is 4.39. The lowest BCUT2D eigenvalue weighted by molar-refractivity contribution is -0.120. The molecule has 1 amide bonds. The number of aromatic nitrogens is 1. The number of hydrogen-bond donors (Lipinski definition) is 0. The van der Waals surface area contributed by atoms with Crippen molar-refractivity contribution >= 4 is 22.4 Å². The van der Waals surface area contributed by atoms with Crippen molar-refractivity contribution in [2.24, 2.45) is 0 Å². The van der Waals surface area contributed by atoms with Gasteiger partial charge in [0.1, 0.15) is 5.75 Å². The summed E-state index contributed by atoms with van der Waals surface area (Å²) in [7, 11) is 1.72. The van der Waals surface area contributed by atoms with Crippen LogP contribution in [-0.4, -0.2) is 24.5 Å². The third kappa shape index (κ3) is 3.17. The van der Waals surface area contributed by atoms with Crippen molar-refractivity contribution in [3.63, 3.8) is 0 Å². The van der Waals surface area contributed by atoms with Gasteiger partial charge < -0.3 is 4.74 Å². The van der Waals surface area contributed by atoms with Gasteiger partial charge in [-0.15, -0.1) is 11.3 Å². The number of hydrogen-bond acceptors (Lipinski definition) is 4. The number of ether oxygens (including phenoxy) is 1. The van der Waals surface area contributed by atoms with Crippen molar-refractivity contribution in [3.05, 3.63) is 40.4 Å². The second-order valence-corrected chi connectivity index (χ2v) is 5.83. The lowest BCUT2D eigenvalue weighted by Crippen LogP contribution is -2.31. The molecule has 0 saturated carbocycles. The van der Waals surface area contributed by atoms with Gasteiger partial charge >= 0.3 is 0 Å². The first-order chi connectivity index (χ1) is 9.49. The fourth-order valence-electron chi connectivity index (χ4n) is 1.66. The molecule has 4 nitrogen and oxygen atoms in total. The molecule has 0 N–H and O–H groups in total. The topological polar surface area (TPSA) is 42.4 Å². The van der Waals surface area contributed by atoms with Crippen LogP contribution in [0, 0.1) is 20.8 Å². The maximum absolute atomic E-state index is 12.1. The quantitative estimate of drug-likeness (QED) is 0.869. The molecule has 0 unspecified atom stereocenters. The fourth-order valence-corrected chi connectivity index (χ4v) is 2.55. The van der Waals surface area contributed by atoms with E-state index >= 15 is 0 Å². The molecule has 1 heterocycles. The normalized spacial score (nSPS) is 10.4. The first kappa shape index (κ1) is 14.5. The molecule has 20 heavy (non-hydrogen) atoms. The van der Waals surface area contributed by atoms with Gasteiger partial charge in [0.25, 0.3) is 5.91 Å². The summed E-state index contributed by atoms with van der Waals surface area (Å²) < 4.78 is 5.56. The molecule has 1 aromatic carbocycles. The Balaban J connectivity index is 2.00. The van der Waals surface area contributed by atoms with Crippen molar-refractivity contribution in [3.8, 4) is 5.75 Å². The molecule has 2 rings (SSSR count). The van der Waals surface area contributed by atoms with Gasteiger partial charge in [0, 0.05) is 11.9 Å². The zero-order valence-corrected chi connectivity index (χ0v) is 13.0. The molecule has 0 radical (unpaired) electrons. The molecular formula is C15H18N2O2S. The monoisotopic (exact) mass is 290 g/mol. The number of aryl methyl sites for hydroxylation is 3. The van der Waals surface area contributed by atoms with E-state index in [0.29, 0.717) is 5.13 Å². The molecule has 0 saturated heterocycles. The third-order valence-corrected chi connectivity index (χ3v) is 4.27. The maximum Gasteiger partial charge on any atom is 0.266 e. The number of carbonyl (C=O) groups is 1. The van der Waals surface area contributed by atoms with E-state index in [2.05, 4.69) is 4.98 Å². The zero-order valence-electron chi connectivity index (χ0n) is 12.1. The molecule has 0 spiro atoms. The Morgan fingerprint density at radius 3 is 2.60 bits per heavy atom. The van der Waals surface area contributed by atoms with Crippen molar-refractivity contribution in [2.75, 3.05) is 18.6 Å². The Bertz CT molecular complexity index is 603. The van der Waals surface area contributed by atoms with E-state index in [0.717, 1.165) is 21.9 Å². The van der Waals surface area contributed by atoms with Gasteiger partial charge in [-0.25, -0.2) is 4.98 Å². The molecular weight excluding hydrogens is 272 g/mol. The first-order valence-electron chi connectivity index (χ1n) is 6.38. The Morgan fingerprint density at radius 1 is 1.30 bits per heavy atom. The summed E-state index contributed by atoms with van der Waals surface area (Å²) in [6, 6.07) is 7.65. The summed E-state index contributed by atoms with van der Waals surface area (Å²) in [5.74, 6) is 0.628. The van der Waals surface area contributed by atoms with Gasteiger partial charge in [0.2, 0.25) is 0 Å². The standard InChI is InChI=1S/C15H18N2O2S/c1-10-7-5-6-8-13(10)19-9-14(18)17(4)15-16-11(2)12(3)20-15/h5-8H,9H2,1-4H3. The largest absolute Gasteiger partial charge is 0.483 e. The van der Waals surface area contributed by atoms with Crippen LogP contribution in [-0.2, 0) is 4.79 Å². The number of amides is 1. The van der Waals surface area contributed by atoms with Crippen molar-refractivity contribution in [1.82, 2.24) is 4.98 Å². The van der Waals surface area contributed by atoms with Gasteiger partial charge in [-0.3, -0.25) is 9.69 Å². The number of anilines is 1. The highest BCUT2D eigenvalue weighted by Gasteiger charge is 2.16. The summed E-state index contributed by atoms with van der Waals surface area (Å²) in [4.78, 5) is 19.2. The van der Waals surface area contributed by atoms with Crippen LogP contribution >= 0.6 is 11.3 Å². The van der Waals surface area contributed by atoms with Crippen LogP contribution < -0.4 is 9.64 Å². The van der Waals surface area contributed by atoms with E-state index in [-0.39, 0.29) is 12.5 Å². The molecule has 5 heteroatoms. The summed E-state index contributed by atoms with van der Waals surface area (Å²) >= 11 is 1.51. The predicted molar refractivity (Wildman–Crippen MR) is 81.7 cm³/mol. The smallest absolute Gasteiger partial charge is 0.266 e. The summed E-state index contributed by atoms with van der Waals surface area (Å²) in [5, 5.41) is 0.707. The minimum atomic E-state index is -0.109. The van der Waals surface area contributed by atoms with Crippen molar-refractivity contribution in [2.45, 2.75) is 20.8 Å². The average Bonchev–Trinajstić information content (AvgIpc) is 2.76. The number of para-hydroxylation sites is 1. The molecule has 2 aromatic rings. The Labute approximate surface area is 123 Å². The van der Waals surface area contributed by atoms with Gasteiger partial charge in [0.15, 0.2) is 11.7 Å². The molecule has 0 aliphatic heterocycles. The van der Waals surface area contributed by atoms with E-state index in [1.54, 1.807) is 11.9 Å². The molecule has 0 atom stereocenters. The van der Waals surface area contributed by atoms with Crippen LogP contribution in [0.5, 0.6) is 5.75 Å². The van der Waals surface area contributed by atoms with Crippen LogP contribution in [0.4, 0.5) is 5.13 Å². The van der Waals surface area contributed by atoms with E-state index in [1.807, 2.05) is 45.0 Å². The maximum atomic E-state index is 12.1. The lowest BCUT2D eigenvalue weighted by atomic mass is 10.2. The van der Waals surface area contributed by atoms with Crippen molar-refractivity contribution in [1.29, 1.82) is 0 Å². The highest BCUT2D eigenvalue weighted by Crippen LogP contribution is 2.24. The zero-order chi connectivity index (χ0) is 14.7. The van der Waals surface area contributed by atoms with Gasteiger partial charge in [-0.05, 0) is 32.4 Å². The number of carbonyl (C=O) groups excluding carboxylic acids is 1. The van der Waals surface area contributed by atoms with Crippen LogP contribution in [0.3, 0.4) is 0 Å². The van der Waals surface area contributed by atoms with Crippen LogP contribution in [0.25, 0.3) is 0 Å². The molecule has 0 bridgehead atoms. The van der Waals surface area contributed by atoms with Gasteiger partial charge in [0.05, 0.1) is 5.69 Å². The second kappa shape index (κ2) is 6.05. The number of benzene rings is 1. The molecule has 0 aliphatic carbocycles. The molecule has 106 valence electrons. The van der Waals surface area contributed by atoms with E-state index in [4.69, 9.17) is 4.74 Å². The highest BCUT2D eigenvalue weighted by atomic mass is 32.1. The Hall–Kier alpha value is -1.88. The van der Waals surface area contributed by atoms with Crippen LogP contribution in [0.1, 0.15) is 16.1 Å². The van der Waals surface area contributed by atoms with Gasteiger partial charge in [-0.2, -0.15) is 0 Å². The average molecular weight is 290 g/mol. The lowest BCUT2D eigenvalue weighted by Gasteiger charge is -2.15. The minimum Gasteiger partial charge on any atom is -0.483 e. The summed E-state index contributed by atoms with van der Waals surface area (Å²) in [5.41, 5.74) is 1.98. The number of rotatable bonds is 4. The highest BCUT2D eigenvalue weighted by molar-refractivity contribution is 7.15. The van der Waals surface area contributed by atoms with Crippen molar-refractivity contribution < 1.29 is 9.53 Å². The van der Waals surface area contributed by atoms with Crippen LogP contribution in [0.15, 0.2) is 24.3 Å². The predicted octanol–water partition coefficient (Wildman–Crippen LogP) is 3.11. The number of likely N-dealkylation sites (N-methyl/N-ethyl adjacent to an activating group) is 1. The second-order valence-electron chi connectivity index (χ2n) is 4.64. The Morgan fingerprint density at radius 2 is 2.00 bits per heavy atom. The minimum absolute atomic E-state index is 0.0129. The van der Waals surface area contributed by atoms with E-state index < -0.39 is 0 Å². The molecule has 0 fully saturated rings. The summed E-state index contributed by atoms with van der Waals surface area (Å²) in [6.45, 7) is 5.91. The van der Waals surface area contributed by atoms with Crippen LogP contribution in [0.2, 0.25) is 0 Å². The van der Waals surface area contributed by atoms with E-state index in [1.165, 1.54) is 11.3 Å². The SMILES string of the molecule is Cc1ccccc1OCC(=O)N(C)c1nc(C)c(C)s1. The number of nitrogens with zero attached hydrogens (tertiary/aromatic N) is 2. The summed E-state index contributed by atoms with van der Waals surface area (Å²) in [6.07, 6.45) is 0. The number of thiazole rings is 1. The first-order valence-corrected chi connectivity index (χ1v) is 7.19. The van der Waals surface area contributed by atoms with Gasteiger partial charge in [-0.1, -0.05) is 18.2 Å². The molecule has 0 aliphatic rings.